The van der Waals surface area contributed by atoms with E-state index in [2.05, 4.69) is 4.98 Å². The van der Waals surface area contributed by atoms with Crippen LogP contribution in [0.25, 0.3) is 0 Å². The van der Waals surface area contributed by atoms with Crippen molar-refractivity contribution in [2.45, 2.75) is 31.3 Å². The second-order valence-corrected chi connectivity index (χ2v) is 6.41. The van der Waals surface area contributed by atoms with Gasteiger partial charge in [-0.15, -0.1) is 0 Å². The number of hydrogen-bond acceptors (Lipinski definition) is 4. The second kappa shape index (κ2) is 4.66. The van der Waals surface area contributed by atoms with Crippen LogP contribution in [0.3, 0.4) is 0 Å². The third-order valence-electron chi connectivity index (χ3n) is 2.58. The van der Waals surface area contributed by atoms with Crippen molar-refractivity contribution in [3.63, 3.8) is 0 Å². The molecule has 1 aromatic rings. The van der Waals surface area contributed by atoms with Crippen LogP contribution in [0.5, 0.6) is 0 Å². The SMILES string of the molecule is CN(C(=O)c1cccnc1S(N)(=O)=O)C(C)(C)C. The van der Waals surface area contributed by atoms with Crippen LogP contribution in [0.1, 0.15) is 31.1 Å². The molecule has 7 heteroatoms. The van der Waals surface area contributed by atoms with Gasteiger partial charge in [-0.25, -0.2) is 18.5 Å². The molecule has 0 unspecified atom stereocenters. The molecule has 100 valence electrons. The summed E-state index contributed by atoms with van der Waals surface area (Å²) in [7, 11) is -2.42. The Morgan fingerprint density at radius 3 is 2.39 bits per heavy atom. The van der Waals surface area contributed by atoms with Gasteiger partial charge in [-0.2, -0.15) is 0 Å². The third-order valence-corrected chi connectivity index (χ3v) is 3.45. The normalized spacial score (nSPS) is 12.3. The molecule has 1 heterocycles. The molecule has 0 aliphatic rings. The lowest BCUT2D eigenvalue weighted by Gasteiger charge is -2.32. The van der Waals surface area contributed by atoms with Crippen LogP contribution >= 0.6 is 0 Å². The molecule has 0 aliphatic heterocycles. The summed E-state index contributed by atoms with van der Waals surface area (Å²) in [5, 5.41) is 4.65. The number of pyridine rings is 1. The first-order chi connectivity index (χ1) is 8.05. The van der Waals surface area contributed by atoms with E-state index in [1.807, 2.05) is 20.8 Å². The molecule has 0 bridgehead atoms. The van der Waals surface area contributed by atoms with E-state index in [0.29, 0.717) is 0 Å². The highest BCUT2D eigenvalue weighted by molar-refractivity contribution is 7.89. The molecule has 0 aliphatic carbocycles. The third kappa shape index (κ3) is 3.05. The summed E-state index contributed by atoms with van der Waals surface area (Å²) >= 11 is 0. The number of hydrogen-bond donors (Lipinski definition) is 1. The zero-order valence-corrected chi connectivity index (χ0v) is 11.7. The molecule has 0 saturated carbocycles. The van der Waals surface area contributed by atoms with E-state index >= 15 is 0 Å². The predicted molar refractivity (Wildman–Crippen MR) is 67.5 cm³/mol. The largest absolute Gasteiger partial charge is 0.337 e. The Balaban J connectivity index is 3.32. The van der Waals surface area contributed by atoms with Crippen molar-refractivity contribution in [3.8, 4) is 0 Å². The minimum Gasteiger partial charge on any atom is -0.337 e. The lowest BCUT2D eigenvalue weighted by molar-refractivity contribution is 0.0651. The average molecular weight is 271 g/mol. The van der Waals surface area contributed by atoms with Crippen molar-refractivity contribution < 1.29 is 13.2 Å². The van der Waals surface area contributed by atoms with E-state index in [9.17, 15) is 13.2 Å². The maximum Gasteiger partial charge on any atom is 0.257 e. The number of aromatic nitrogens is 1. The van der Waals surface area contributed by atoms with Gasteiger partial charge in [0.15, 0.2) is 5.03 Å². The van der Waals surface area contributed by atoms with Gasteiger partial charge >= 0.3 is 0 Å². The van der Waals surface area contributed by atoms with Gasteiger partial charge in [0, 0.05) is 18.8 Å². The smallest absolute Gasteiger partial charge is 0.257 e. The highest BCUT2D eigenvalue weighted by Gasteiger charge is 2.28. The number of carbonyl (C=O) groups excluding carboxylic acids is 1. The Morgan fingerprint density at radius 2 is 1.94 bits per heavy atom. The van der Waals surface area contributed by atoms with Crippen LogP contribution in [-0.2, 0) is 10.0 Å². The van der Waals surface area contributed by atoms with Crippen LogP contribution < -0.4 is 5.14 Å². The molecular formula is C11H17N3O3S. The molecule has 1 rings (SSSR count). The van der Waals surface area contributed by atoms with Crippen LogP contribution in [0.2, 0.25) is 0 Å². The van der Waals surface area contributed by atoms with Crippen molar-refractivity contribution >= 4 is 15.9 Å². The number of primary sulfonamides is 1. The Kier molecular flexibility index (Phi) is 3.78. The van der Waals surface area contributed by atoms with Crippen LogP contribution in [-0.4, -0.2) is 36.8 Å². The molecule has 0 spiro atoms. The van der Waals surface area contributed by atoms with E-state index < -0.39 is 26.5 Å². The van der Waals surface area contributed by atoms with Gasteiger partial charge in [-0.3, -0.25) is 4.79 Å². The minimum absolute atomic E-state index is 0.0163. The molecule has 1 aromatic heterocycles. The van der Waals surface area contributed by atoms with Gasteiger partial charge in [0.2, 0.25) is 0 Å². The first-order valence-corrected chi connectivity index (χ1v) is 6.86. The molecule has 6 nitrogen and oxygen atoms in total. The van der Waals surface area contributed by atoms with E-state index in [1.54, 1.807) is 7.05 Å². The molecule has 0 fully saturated rings. The molecule has 0 radical (unpaired) electrons. The summed E-state index contributed by atoms with van der Waals surface area (Å²) in [6.45, 7) is 5.54. The molecule has 0 saturated heterocycles. The molecule has 18 heavy (non-hydrogen) atoms. The fraction of sp³-hybridized carbons (Fsp3) is 0.455. The fourth-order valence-electron chi connectivity index (χ4n) is 1.27. The minimum atomic E-state index is -4.02. The lowest BCUT2D eigenvalue weighted by Crippen LogP contribution is -2.43. The zero-order chi connectivity index (χ0) is 14.1. The second-order valence-electron chi connectivity index (χ2n) is 4.94. The first kappa shape index (κ1) is 14.6. The Labute approximate surface area is 107 Å². The first-order valence-electron chi connectivity index (χ1n) is 5.31. The summed E-state index contributed by atoms with van der Waals surface area (Å²) < 4.78 is 22.7. The fourth-order valence-corrected chi connectivity index (χ4v) is 1.94. The van der Waals surface area contributed by atoms with Crippen molar-refractivity contribution in [2.75, 3.05) is 7.05 Å². The summed E-state index contributed by atoms with van der Waals surface area (Å²) in [6.07, 6.45) is 1.29. The van der Waals surface area contributed by atoms with Gasteiger partial charge < -0.3 is 4.90 Å². The van der Waals surface area contributed by atoms with Crippen LogP contribution in [0, 0.1) is 0 Å². The maximum atomic E-state index is 12.2. The molecule has 0 aromatic carbocycles. The number of nitrogens with zero attached hydrogens (tertiary/aromatic N) is 2. The zero-order valence-electron chi connectivity index (χ0n) is 10.8. The number of nitrogens with two attached hydrogens (primary N) is 1. The van der Waals surface area contributed by atoms with Crippen molar-refractivity contribution in [3.05, 3.63) is 23.9 Å². The van der Waals surface area contributed by atoms with Gasteiger partial charge in [0.1, 0.15) is 0 Å². The molecular weight excluding hydrogens is 254 g/mol. The van der Waals surface area contributed by atoms with E-state index in [4.69, 9.17) is 5.14 Å². The van der Waals surface area contributed by atoms with Gasteiger partial charge in [0.05, 0.1) is 5.56 Å². The molecule has 2 N–H and O–H groups in total. The highest BCUT2D eigenvalue weighted by atomic mass is 32.2. The number of amides is 1. The average Bonchev–Trinajstić information content (AvgIpc) is 2.24. The van der Waals surface area contributed by atoms with Crippen molar-refractivity contribution in [1.82, 2.24) is 9.88 Å². The Morgan fingerprint density at radius 1 is 1.39 bits per heavy atom. The topological polar surface area (TPSA) is 93.4 Å². The monoisotopic (exact) mass is 271 g/mol. The standard InChI is InChI=1S/C11H17N3O3S/c1-11(2,3)14(4)10(15)8-6-5-7-13-9(8)18(12,16)17/h5-7H,1-4H3,(H2,12,16,17). The summed E-state index contributed by atoms with van der Waals surface area (Å²) in [5.41, 5.74) is -0.444. The summed E-state index contributed by atoms with van der Waals surface area (Å²) in [6, 6.07) is 2.90. The van der Waals surface area contributed by atoms with Gasteiger partial charge in [-0.05, 0) is 32.9 Å². The van der Waals surface area contributed by atoms with E-state index in [1.165, 1.54) is 23.2 Å². The quantitative estimate of drug-likeness (QED) is 0.852. The number of rotatable bonds is 2. The van der Waals surface area contributed by atoms with Crippen molar-refractivity contribution in [2.24, 2.45) is 5.14 Å². The predicted octanol–water partition coefficient (Wildman–Crippen LogP) is 0.600. The molecule has 0 atom stereocenters. The highest BCUT2D eigenvalue weighted by Crippen LogP contribution is 2.18. The van der Waals surface area contributed by atoms with Gasteiger partial charge in [-0.1, -0.05) is 0 Å². The van der Waals surface area contributed by atoms with Crippen molar-refractivity contribution in [1.29, 1.82) is 0 Å². The summed E-state index contributed by atoms with van der Waals surface area (Å²) in [4.78, 5) is 17.3. The van der Waals surface area contributed by atoms with Crippen LogP contribution in [0.15, 0.2) is 23.4 Å². The van der Waals surface area contributed by atoms with Gasteiger partial charge in [0.25, 0.3) is 15.9 Å². The van der Waals surface area contributed by atoms with E-state index in [-0.39, 0.29) is 5.56 Å². The molecule has 1 amide bonds. The Hall–Kier alpha value is -1.47. The number of sulfonamides is 1. The Bertz CT molecular complexity index is 561. The van der Waals surface area contributed by atoms with Crippen LogP contribution in [0.4, 0.5) is 0 Å². The maximum absolute atomic E-state index is 12.2. The summed E-state index contributed by atoms with van der Waals surface area (Å²) in [5.74, 6) is -0.431. The lowest BCUT2D eigenvalue weighted by atomic mass is 10.1. The van der Waals surface area contributed by atoms with E-state index in [0.717, 1.165) is 0 Å². The number of carbonyl (C=O) groups is 1.